The fourth-order valence-electron chi connectivity index (χ4n) is 1.22. The predicted molar refractivity (Wildman–Crippen MR) is 53.5 cm³/mol. The van der Waals surface area contributed by atoms with Crippen molar-refractivity contribution in [3.63, 3.8) is 0 Å². The van der Waals surface area contributed by atoms with Crippen LogP contribution >= 0.6 is 11.6 Å². The van der Waals surface area contributed by atoms with Gasteiger partial charge in [-0.05, 0) is 12.1 Å². The van der Waals surface area contributed by atoms with Crippen LogP contribution in [0.5, 0.6) is 0 Å². The van der Waals surface area contributed by atoms with E-state index in [0.717, 1.165) is 5.69 Å². The molecule has 2 nitrogen and oxygen atoms in total. The quantitative estimate of drug-likeness (QED) is 0.759. The summed E-state index contributed by atoms with van der Waals surface area (Å²) in [6.45, 7) is 0. The van der Waals surface area contributed by atoms with Crippen molar-refractivity contribution >= 4 is 11.6 Å². The second-order valence-electron chi connectivity index (χ2n) is 2.87. The Kier molecular flexibility index (Phi) is 2.50. The van der Waals surface area contributed by atoms with Crippen LogP contribution < -0.4 is 0 Å². The maximum Gasteiger partial charge on any atom is 0.140 e. The zero-order valence-electron chi connectivity index (χ0n) is 7.30. The molecule has 1 N–H and O–H groups in total. The average Bonchev–Trinajstić information content (AvgIpc) is 2.67. The van der Waals surface area contributed by atoms with E-state index in [1.165, 1.54) is 6.07 Å². The number of alkyl halides is 1. The van der Waals surface area contributed by atoms with Crippen LogP contribution in [0.15, 0.2) is 30.5 Å². The number of benzene rings is 1. The lowest BCUT2D eigenvalue weighted by atomic mass is 10.2. The van der Waals surface area contributed by atoms with Crippen LogP contribution in [0, 0.1) is 5.82 Å². The highest BCUT2D eigenvalue weighted by molar-refractivity contribution is 6.16. The molecule has 0 fully saturated rings. The lowest BCUT2D eigenvalue weighted by Crippen LogP contribution is -1.85. The molecule has 1 aromatic carbocycles. The average molecular weight is 211 g/mol. The maximum absolute atomic E-state index is 13.3. The molecule has 0 amide bonds. The van der Waals surface area contributed by atoms with Gasteiger partial charge in [0.05, 0.1) is 11.4 Å². The van der Waals surface area contributed by atoms with Gasteiger partial charge in [0.2, 0.25) is 0 Å². The molecule has 2 rings (SSSR count). The van der Waals surface area contributed by atoms with Crippen LogP contribution in [0.4, 0.5) is 4.39 Å². The monoisotopic (exact) mass is 210 g/mol. The highest BCUT2D eigenvalue weighted by Crippen LogP contribution is 2.19. The number of nitrogens with one attached hydrogen (secondary N) is 1. The summed E-state index contributed by atoms with van der Waals surface area (Å²) in [7, 11) is 0. The van der Waals surface area contributed by atoms with Crippen LogP contribution in [-0.2, 0) is 5.88 Å². The number of rotatable bonds is 2. The first kappa shape index (κ1) is 9.21. The third-order valence-electron chi connectivity index (χ3n) is 1.90. The Hall–Kier alpha value is -1.35. The molecule has 0 saturated heterocycles. The minimum atomic E-state index is -0.289. The third kappa shape index (κ3) is 1.63. The standard InChI is InChI=1S/C10H8ClFN2/c11-5-7-6-13-10(14-7)8-3-1-2-4-9(8)12/h1-4,6H,5H2,(H,13,14). The molecule has 0 bridgehead atoms. The Morgan fingerprint density at radius 1 is 1.36 bits per heavy atom. The van der Waals surface area contributed by atoms with E-state index in [2.05, 4.69) is 9.97 Å². The summed E-state index contributed by atoms with van der Waals surface area (Å²) in [6, 6.07) is 6.48. The van der Waals surface area contributed by atoms with E-state index in [1.54, 1.807) is 24.4 Å². The number of hydrogen-bond acceptors (Lipinski definition) is 1. The Balaban J connectivity index is 2.44. The molecule has 2 aromatic rings. The van der Waals surface area contributed by atoms with Gasteiger partial charge in [-0.3, -0.25) is 0 Å². The summed E-state index contributed by atoms with van der Waals surface area (Å²) in [5.74, 6) is 0.572. The van der Waals surface area contributed by atoms with E-state index in [9.17, 15) is 4.39 Å². The van der Waals surface area contributed by atoms with Gasteiger partial charge in [0.15, 0.2) is 0 Å². The highest BCUT2D eigenvalue weighted by Gasteiger charge is 2.06. The smallest absolute Gasteiger partial charge is 0.140 e. The van der Waals surface area contributed by atoms with E-state index in [1.807, 2.05) is 0 Å². The van der Waals surface area contributed by atoms with Crippen LogP contribution in [0.25, 0.3) is 11.4 Å². The van der Waals surface area contributed by atoms with Crippen LogP contribution in [0.3, 0.4) is 0 Å². The molecular formula is C10H8ClFN2. The van der Waals surface area contributed by atoms with Gasteiger partial charge in [0.25, 0.3) is 0 Å². The number of aromatic amines is 1. The summed E-state index contributed by atoms with van der Waals surface area (Å²) in [5, 5.41) is 0. The molecular weight excluding hydrogens is 203 g/mol. The fourth-order valence-corrected chi connectivity index (χ4v) is 1.35. The summed E-state index contributed by atoms with van der Waals surface area (Å²) < 4.78 is 13.3. The van der Waals surface area contributed by atoms with E-state index in [0.29, 0.717) is 17.3 Å². The van der Waals surface area contributed by atoms with Gasteiger partial charge in [0, 0.05) is 11.9 Å². The van der Waals surface area contributed by atoms with Crippen molar-refractivity contribution in [2.45, 2.75) is 5.88 Å². The highest BCUT2D eigenvalue weighted by atomic mass is 35.5. The predicted octanol–water partition coefficient (Wildman–Crippen LogP) is 2.95. The first-order chi connectivity index (χ1) is 6.81. The van der Waals surface area contributed by atoms with Crippen LogP contribution in [-0.4, -0.2) is 9.97 Å². The number of halogens is 2. The number of imidazole rings is 1. The summed E-state index contributed by atoms with van der Waals surface area (Å²) in [4.78, 5) is 6.98. The SMILES string of the molecule is Fc1ccccc1-c1ncc(CCl)[nH]1. The van der Waals surface area contributed by atoms with Crippen molar-refractivity contribution in [3.05, 3.63) is 42.0 Å². The number of nitrogens with zero attached hydrogens (tertiary/aromatic N) is 1. The van der Waals surface area contributed by atoms with Gasteiger partial charge in [0.1, 0.15) is 11.6 Å². The normalized spacial score (nSPS) is 10.4. The molecule has 0 atom stereocenters. The summed E-state index contributed by atoms with van der Waals surface area (Å²) in [6.07, 6.45) is 1.61. The minimum absolute atomic E-state index is 0.289. The molecule has 0 spiro atoms. The second-order valence-corrected chi connectivity index (χ2v) is 3.14. The van der Waals surface area contributed by atoms with Crippen molar-refractivity contribution in [2.75, 3.05) is 0 Å². The van der Waals surface area contributed by atoms with Gasteiger partial charge in [-0.2, -0.15) is 0 Å². The van der Waals surface area contributed by atoms with E-state index < -0.39 is 0 Å². The molecule has 72 valence electrons. The van der Waals surface area contributed by atoms with Crippen molar-refractivity contribution in [1.82, 2.24) is 9.97 Å². The van der Waals surface area contributed by atoms with Crippen LogP contribution in [0.2, 0.25) is 0 Å². The van der Waals surface area contributed by atoms with Crippen molar-refractivity contribution in [2.24, 2.45) is 0 Å². The van der Waals surface area contributed by atoms with Gasteiger partial charge in [-0.25, -0.2) is 9.37 Å². The summed E-state index contributed by atoms with van der Waals surface area (Å²) in [5.41, 5.74) is 1.24. The number of H-pyrrole nitrogens is 1. The van der Waals surface area contributed by atoms with Crippen LogP contribution in [0.1, 0.15) is 5.69 Å². The lowest BCUT2D eigenvalue weighted by molar-refractivity contribution is 0.630. The molecule has 0 aliphatic rings. The number of hydrogen-bond donors (Lipinski definition) is 1. The van der Waals surface area contributed by atoms with Crippen molar-refractivity contribution in [1.29, 1.82) is 0 Å². The summed E-state index contributed by atoms with van der Waals surface area (Å²) >= 11 is 5.60. The van der Waals surface area contributed by atoms with Crippen molar-refractivity contribution in [3.8, 4) is 11.4 Å². The molecule has 1 heterocycles. The molecule has 4 heteroatoms. The zero-order valence-corrected chi connectivity index (χ0v) is 8.05. The fraction of sp³-hybridized carbons (Fsp3) is 0.100. The second kappa shape index (κ2) is 3.80. The van der Waals surface area contributed by atoms with Gasteiger partial charge in [-0.15, -0.1) is 11.6 Å². The largest absolute Gasteiger partial charge is 0.341 e. The first-order valence-corrected chi connectivity index (χ1v) is 4.69. The third-order valence-corrected chi connectivity index (χ3v) is 2.19. The van der Waals surface area contributed by atoms with Gasteiger partial charge < -0.3 is 4.98 Å². The Morgan fingerprint density at radius 2 is 2.14 bits per heavy atom. The molecule has 0 radical (unpaired) electrons. The molecule has 0 aliphatic heterocycles. The minimum Gasteiger partial charge on any atom is -0.341 e. The topological polar surface area (TPSA) is 28.7 Å². The molecule has 14 heavy (non-hydrogen) atoms. The Bertz CT molecular complexity index is 439. The molecule has 0 unspecified atom stereocenters. The maximum atomic E-state index is 13.3. The Labute approximate surface area is 85.8 Å². The van der Waals surface area contributed by atoms with E-state index >= 15 is 0 Å². The van der Waals surface area contributed by atoms with Crippen molar-refractivity contribution < 1.29 is 4.39 Å². The van der Waals surface area contributed by atoms with Gasteiger partial charge >= 0.3 is 0 Å². The Morgan fingerprint density at radius 3 is 2.79 bits per heavy atom. The molecule has 1 aromatic heterocycles. The molecule has 0 aliphatic carbocycles. The van der Waals surface area contributed by atoms with E-state index in [-0.39, 0.29) is 5.82 Å². The van der Waals surface area contributed by atoms with Gasteiger partial charge in [-0.1, -0.05) is 12.1 Å². The first-order valence-electron chi connectivity index (χ1n) is 4.16. The lowest BCUT2D eigenvalue weighted by Gasteiger charge is -1.97. The molecule has 0 saturated carbocycles. The van der Waals surface area contributed by atoms with E-state index in [4.69, 9.17) is 11.6 Å². The number of aromatic nitrogens is 2. The zero-order chi connectivity index (χ0) is 9.97.